The Morgan fingerprint density at radius 1 is 0.864 bits per heavy atom. The average molecular weight is 310 g/mol. The molecule has 2 aliphatic heterocycles. The van der Waals surface area contributed by atoms with E-state index in [9.17, 15) is 9.59 Å². The van der Waals surface area contributed by atoms with Gasteiger partial charge in [0.1, 0.15) is 13.2 Å². The maximum atomic E-state index is 11.6. The van der Waals surface area contributed by atoms with Gasteiger partial charge in [0.2, 0.25) is 0 Å². The molecule has 2 aliphatic rings. The number of hydrogen-bond donors (Lipinski definition) is 0. The maximum Gasteiger partial charge on any atom is 0.333 e. The monoisotopic (exact) mass is 310 g/mol. The first kappa shape index (κ1) is 16.7. The minimum absolute atomic E-state index is 0.0164. The molecule has 0 aromatic heterocycles. The van der Waals surface area contributed by atoms with E-state index >= 15 is 0 Å². The van der Waals surface area contributed by atoms with Crippen LogP contribution in [0, 0.1) is 0 Å². The van der Waals surface area contributed by atoms with Crippen LogP contribution in [0.1, 0.15) is 25.7 Å². The van der Waals surface area contributed by atoms with Gasteiger partial charge in [-0.05, 0) is 25.7 Å². The quantitative estimate of drug-likeness (QED) is 0.249. The predicted molar refractivity (Wildman–Crippen MR) is 78.1 cm³/mol. The van der Waals surface area contributed by atoms with E-state index in [1.54, 1.807) is 0 Å². The van der Waals surface area contributed by atoms with E-state index in [4.69, 9.17) is 18.9 Å². The number of hydrogen-bond acceptors (Lipinski definition) is 6. The molecule has 2 rings (SSSR count). The standard InChI is InChI=1S/C16H22O6/c1-11(3-5-13-9-21-13)15(17)19-7-8-20-16(18)12(2)4-6-14-10-22-14/h13-14H,1-10H2. The lowest BCUT2D eigenvalue weighted by atomic mass is 10.1. The van der Waals surface area contributed by atoms with Crippen molar-refractivity contribution in [1.82, 2.24) is 0 Å². The molecule has 6 nitrogen and oxygen atoms in total. The SMILES string of the molecule is C=C(CCC1CO1)C(=O)OCCOC(=O)C(=C)CCC1CO1. The molecule has 2 unspecified atom stereocenters. The highest BCUT2D eigenvalue weighted by atomic mass is 16.6. The van der Waals surface area contributed by atoms with Crippen LogP contribution in [-0.4, -0.2) is 50.6 Å². The molecule has 0 aromatic carbocycles. The van der Waals surface area contributed by atoms with Crippen molar-refractivity contribution >= 4 is 11.9 Å². The van der Waals surface area contributed by atoms with Gasteiger partial charge in [-0.25, -0.2) is 9.59 Å². The van der Waals surface area contributed by atoms with Gasteiger partial charge in [-0.15, -0.1) is 0 Å². The molecule has 2 saturated heterocycles. The summed E-state index contributed by atoms with van der Waals surface area (Å²) in [6, 6.07) is 0. The van der Waals surface area contributed by atoms with E-state index in [1.807, 2.05) is 0 Å². The highest BCUT2D eigenvalue weighted by molar-refractivity contribution is 5.88. The normalized spacial score (nSPS) is 21.8. The molecule has 0 aromatic rings. The third-order valence-corrected chi connectivity index (χ3v) is 3.47. The van der Waals surface area contributed by atoms with Crippen LogP contribution in [0.4, 0.5) is 0 Å². The summed E-state index contributed by atoms with van der Waals surface area (Å²) >= 11 is 0. The average Bonchev–Trinajstić information content (AvgIpc) is 3.39. The molecule has 6 heteroatoms. The molecule has 0 bridgehead atoms. The molecule has 122 valence electrons. The fraction of sp³-hybridized carbons (Fsp3) is 0.625. The third kappa shape index (κ3) is 6.41. The van der Waals surface area contributed by atoms with E-state index in [-0.39, 0.29) is 25.4 Å². The molecule has 0 saturated carbocycles. The van der Waals surface area contributed by atoms with Gasteiger partial charge in [-0.2, -0.15) is 0 Å². The van der Waals surface area contributed by atoms with Crippen molar-refractivity contribution in [3.05, 3.63) is 24.3 Å². The Morgan fingerprint density at radius 3 is 1.55 bits per heavy atom. The van der Waals surface area contributed by atoms with Crippen LogP contribution < -0.4 is 0 Å². The second kappa shape index (κ2) is 8.10. The van der Waals surface area contributed by atoms with E-state index in [1.165, 1.54) is 0 Å². The van der Waals surface area contributed by atoms with Crippen molar-refractivity contribution in [3.63, 3.8) is 0 Å². The summed E-state index contributed by atoms with van der Waals surface area (Å²) in [5.41, 5.74) is 0.825. The Hall–Kier alpha value is -1.66. The zero-order chi connectivity index (χ0) is 15.9. The summed E-state index contributed by atoms with van der Waals surface area (Å²) in [4.78, 5) is 23.2. The molecule has 0 aliphatic carbocycles. The molecule has 22 heavy (non-hydrogen) atoms. The highest BCUT2D eigenvalue weighted by Gasteiger charge is 2.24. The lowest BCUT2D eigenvalue weighted by molar-refractivity contribution is -0.147. The summed E-state index contributed by atoms with van der Waals surface area (Å²) in [6.45, 7) is 8.91. The Morgan fingerprint density at radius 2 is 1.23 bits per heavy atom. The molecule has 0 radical (unpaired) electrons. The van der Waals surface area contributed by atoms with Crippen molar-refractivity contribution in [1.29, 1.82) is 0 Å². The van der Waals surface area contributed by atoms with Crippen LogP contribution in [0.25, 0.3) is 0 Å². The first-order chi connectivity index (χ1) is 10.6. The minimum Gasteiger partial charge on any atom is -0.459 e. The Bertz CT molecular complexity index is 406. The third-order valence-electron chi connectivity index (χ3n) is 3.47. The van der Waals surface area contributed by atoms with Gasteiger partial charge in [-0.1, -0.05) is 13.2 Å². The highest BCUT2D eigenvalue weighted by Crippen LogP contribution is 2.19. The van der Waals surface area contributed by atoms with Crippen LogP contribution in [-0.2, 0) is 28.5 Å². The molecule has 0 spiro atoms. The van der Waals surface area contributed by atoms with Gasteiger partial charge in [0.15, 0.2) is 0 Å². The smallest absolute Gasteiger partial charge is 0.333 e. The van der Waals surface area contributed by atoms with Crippen LogP contribution in [0.3, 0.4) is 0 Å². The van der Waals surface area contributed by atoms with Crippen LogP contribution in [0.2, 0.25) is 0 Å². The van der Waals surface area contributed by atoms with Crippen molar-refractivity contribution in [3.8, 4) is 0 Å². The zero-order valence-corrected chi connectivity index (χ0v) is 12.7. The van der Waals surface area contributed by atoms with Crippen LogP contribution >= 0.6 is 0 Å². The molecule has 2 heterocycles. The summed E-state index contributed by atoms with van der Waals surface area (Å²) < 4.78 is 20.1. The number of carbonyl (C=O) groups excluding carboxylic acids is 2. The Balaban J connectivity index is 1.49. The second-order valence-electron chi connectivity index (χ2n) is 5.47. The lowest BCUT2D eigenvalue weighted by Gasteiger charge is -2.08. The fourth-order valence-corrected chi connectivity index (χ4v) is 1.82. The van der Waals surface area contributed by atoms with Crippen molar-refractivity contribution in [2.24, 2.45) is 0 Å². The van der Waals surface area contributed by atoms with Gasteiger partial charge in [0.05, 0.1) is 25.4 Å². The number of ether oxygens (including phenoxy) is 4. The minimum atomic E-state index is -0.457. The van der Waals surface area contributed by atoms with Gasteiger partial charge < -0.3 is 18.9 Å². The van der Waals surface area contributed by atoms with E-state index in [2.05, 4.69) is 13.2 Å². The van der Waals surface area contributed by atoms with Gasteiger partial charge in [-0.3, -0.25) is 0 Å². The lowest BCUT2D eigenvalue weighted by Crippen LogP contribution is -2.16. The molecule has 2 fully saturated rings. The van der Waals surface area contributed by atoms with Crippen molar-refractivity contribution in [2.45, 2.75) is 37.9 Å². The van der Waals surface area contributed by atoms with Gasteiger partial charge in [0, 0.05) is 11.1 Å². The van der Waals surface area contributed by atoms with Gasteiger partial charge in [0.25, 0.3) is 0 Å². The first-order valence-electron chi connectivity index (χ1n) is 7.49. The Labute approximate surface area is 130 Å². The van der Waals surface area contributed by atoms with Crippen molar-refractivity contribution < 1.29 is 28.5 Å². The van der Waals surface area contributed by atoms with Crippen molar-refractivity contribution in [2.75, 3.05) is 26.4 Å². The predicted octanol–water partition coefficient (Wildman–Crippen LogP) is 1.54. The Kier molecular flexibility index (Phi) is 6.15. The van der Waals surface area contributed by atoms with E-state index in [0.29, 0.717) is 24.0 Å². The zero-order valence-electron chi connectivity index (χ0n) is 12.7. The number of rotatable bonds is 11. The van der Waals surface area contributed by atoms with Crippen LogP contribution in [0.5, 0.6) is 0 Å². The van der Waals surface area contributed by atoms with Gasteiger partial charge >= 0.3 is 11.9 Å². The molecule has 2 atom stereocenters. The summed E-state index contributed by atoms with van der Waals surface area (Å²) in [5, 5.41) is 0. The van der Waals surface area contributed by atoms with Crippen LogP contribution in [0.15, 0.2) is 24.3 Å². The van der Waals surface area contributed by atoms with E-state index in [0.717, 1.165) is 26.1 Å². The second-order valence-corrected chi connectivity index (χ2v) is 5.47. The van der Waals surface area contributed by atoms with E-state index < -0.39 is 11.9 Å². The molecular formula is C16H22O6. The number of esters is 2. The first-order valence-corrected chi connectivity index (χ1v) is 7.49. The molecular weight excluding hydrogens is 288 g/mol. The number of epoxide rings is 2. The summed E-state index contributed by atoms with van der Waals surface area (Å²) in [7, 11) is 0. The maximum absolute atomic E-state index is 11.6. The summed E-state index contributed by atoms with van der Waals surface area (Å²) in [5.74, 6) is -0.914. The molecule has 0 N–H and O–H groups in total. The fourth-order valence-electron chi connectivity index (χ4n) is 1.82. The molecule has 0 amide bonds. The largest absolute Gasteiger partial charge is 0.459 e. The summed E-state index contributed by atoms with van der Waals surface area (Å²) in [6.07, 6.45) is 3.21. The topological polar surface area (TPSA) is 77.7 Å². The number of carbonyl (C=O) groups is 2.